The molecule has 1 aromatic carbocycles. The van der Waals surface area contributed by atoms with Crippen LogP contribution in [0.4, 0.5) is 11.8 Å². The second-order valence-electron chi connectivity index (χ2n) is 9.57. The number of benzene rings is 1. The summed E-state index contributed by atoms with van der Waals surface area (Å²) < 4.78 is 31.1. The number of sulfonamides is 1. The number of carbonyl (C=O) groups is 1. The number of hydrogen-bond acceptors (Lipinski definition) is 6. The predicted molar refractivity (Wildman–Crippen MR) is 135 cm³/mol. The van der Waals surface area contributed by atoms with Gasteiger partial charge in [0.2, 0.25) is 21.9 Å². The molecule has 1 aliphatic carbocycles. The van der Waals surface area contributed by atoms with Crippen molar-refractivity contribution in [1.29, 1.82) is 0 Å². The maximum Gasteiger partial charge on any atom is 0.249 e. The smallest absolute Gasteiger partial charge is 0.249 e. The molecule has 186 valence electrons. The quantitative estimate of drug-likeness (QED) is 0.520. The van der Waals surface area contributed by atoms with Crippen LogP contribution in [0.1, 0.15) is 49.3 Å². The van der Waals surface area contributed by atoms with Gasteiger partial charge in [0.15, 0.2) is 5.65 Å². The summed E-state index contributed by atoms with van der Waals surface area (Å²) in [5, 5.41) is 7.32. The first-order valence-corrected chi connectivity index (χ1v) is 13.8. The van der Waals surface area contributed by atoms with Gasteiger partial charge in [-0.25, -0.2) is 13.1 Å². The van der Waals surface area contributed by atoms with Crippen LogP contribution in [0.5, 0.6) is 0 Å². The average Bonchev–Trinajstić information content (AvgIpc) is 3.59. The Labute approximate surface area is 206 Å². The molecule has 2 aliphatic rings. The molecule has 0 spiro atoms. The van der Waals surface area contributed by atoms with Crippen LogP contribution in [0.2, 0.25) is 0 Å². The molecule has 0 unspecified atom stereocenters. The standard InChI is InChI=1S/C25H32N6O3S/c1-4-20-16(2)8-11-21(17(20)3)35(33,34)29-19-12-14-30(15-13-19)23-7-5-6-22-26-25(28-31(22)23)27-24(32)18-9-10-18/h5-8,11,18-19,29H,4,9-10,12-15H2,1-3H3,(H,27,28,32). The molecule has 3 heterocycles. The van der Waals surface area contributed by atoms with E-state index in [4.69, 9.17) is 0 Å². The summed E-state index contributed by atoms with van der Waals surface area (Å²) in [4.78, 5) is 19.1. The fourth-order valence-corrected chi connectivity index (χ4v) is 6.53. The van der Waals surface area contributed by atoms with Crippen LogP contribution in [-0.2, 0) is 21.2 Å². The first-order valence-electron chi connectivity index (χ1n) is 12.3. The van der Waals surface area contributed by atoms with Gasteiger partial charge in [-0.3, -0.25) is 10.1 Å². The number of anilines is 2. The second kappa shape index (κ2) is 9.23. The number of fused-ring (bicyclic) bond motifs is 1. The molecule has 2 fully saturated rings. The van der Waals surface area contributed by atoms with Crippen molar-refractivity contribution in [3.63, 3.8) is 0 Å². The van der Waals surface area contributed by atoms with Crippen molar-refractivity contribution in [2.24, 2.45) is 5.92 Å². The van der Waals surface area contributed by atoms with Crippen molar-refractivity contribution in [1.82, 2.24) is 19.3 Å². The molecule has 2 aromatic heterocycles. The zero-order valence-electron chi connectivity index (χ0n) is 20.4. The SMILES string of the molecule is CCc1c(C)ccc(S(=O)(=O)NC2CCN(c3cccc4nc(NC(=O)C5CC5)nn34)CC2)c1C. The van der Waals surface area contributed by atoms with Gasteiger partial charge in [-0.1, -0.05) is 19.1 Å². The van der Waals surface area contributed by atoms with Gasteiger partial charge in [-0.15, -0.1) is 5.10 Å². The van der Waals surface area contributed by atoms with Crippen molar-refractivity contribution in [2.75, 3.05) is 23.3 Å². The first-order chi connectivity index (χ1) is 16.8. The third-order valence-corrected chi connectivity index (χ3v) is 8.75. The molecule has 1 saturated heterocycles. The Morgan fingerprint density at radius 1 is 1.09 bits per heavy atom. The summed E-state index contributed by atoms with van der Waals surface area (Å²) in [5.41, 5.74) is 3.71. The van der Waals surface area contributed by atoms with E-state index < -0.39 is 10.0 Å². The molecule has 5 rings (SSSR count). The third kappa shape index (κ3) is 4.77. The minimum absolute atomic E-state index is 0.0228. The Morgan fingerprint density at radius 2 is 1.83 bits per heavy atom. The summed E-state index contributed by atoms with van der Waals surface area (Å²) in [7, 11) is -3.60. The first kappa shape index (κ1) is 23.7. The molecule has 0 atom stereocenters. The number of nitrogens with zero attached hydrogens (tertiary/aromatic N) is 4. The molecule has 10 heteroatoms. The monoisotopic (exact) mass is 496 g/mol. The highest BCUT2D eigenvalue weighted by atomic mass is 32.2. The predicted octanol–water partition coefficient (Wildman–Crippen LogP) is 3.20. The van der Waals surface area contributed by atoms with Crippen LogP contribution in [0, 0.1) is 19.8 Å². The highest BCUT2D eigenvalue weighted by molar-refractivity contribution is 7.89. The summed E-state index contributed by atoms with van der Waals surface area (Å²) in [5.74, 6) is 1.26. The number of aryl methyl sites for hydroxylation is 1. The van der Waals surface area contributed by atoms with Gasteiger partial charge >= 0.3 is 0 Å². The van der Waals surface area contributed by atoms with E-state index in [1.165, 1.54) is 0 Å². The van der Waals surface area contributed by atoms with E-state index in [2.05, 4.69) is 31.9 Å². The van der Waals surface area contributed by atoms with Crippen molar-refractivity contribution in [3.05, 3.63) is 47.0 Å². The topological polar surface area (TPSA) is 109 Å². The van der Waals surface area contributed by atoms with Crippen molar-refractivity contribution < 1.29 is 13.2 Å². The zero-order valence-corrected chi connectivity index (χ0v) is 21.2. The number of nitrogens with one attached hydrogen (secondary N) is 2. The average molecular weight is 497 g/mol. The Kier molecular flexibility index (Phi) is 6.27. The molecule has 35 heavy (non-hydrogen) atoms. The molecule has 0 radical (unpaired) electrons. The maximum absolute atomic E-state index is 13.2. The molecule has 3 aromatic rings. The Morgan fingerprint density at radius 3 is 2.51 bits per heavy atom. The summed E-state index contributed by atoms with van der Waals surface area (Å²) in [6, 6.07) is 9.23. The van der Waals surface area contributed by atoms with Gasteiger partial charge in [0.05, 0.1) is 4.90 Å². The van der Waals surface area contributed by atoms with Gasteiger partial charge in [0.1, 0.15) is 5.82 Å². The minimum Gasteiger partial charge on any atom is -0.356 e. The molecular weight excluding hydrogens is 464 g/mol. The molecule has 0 bridgehead atoms. The summed E-state index contributed by atoms with van der Waals surface area (Å²) >= 11 is 0. The Bertz CT molecular complexity index is 1370. The molecule has 1 saturated carbocycles. The number of carbonyl (C=O) groups excluding carboxylic acids is 1. The minimum atomic E-state index is -3.60. The summed E-state index contributed by atoms with van der Waals surface area (Å²) in [6.07, 6.45) is 4.01. The molecule has 1 aliphatic heterocycles. The Balaban J connectivity index is 1.27. The lowest BCUT2D eigenvalue weighted by Gasteiger charge is -2.33. The lowest BCUT2D eigenvalue weighted by atomic mass is 10.0. The molecule has 1 amide bonds. The number of aromatic nitrogens is 3. The maximum atomic E-state index is 13.2. The van der Waals surface area contributed by atoms with E-state index in [9.17, 15) is 13.2 Å². The van der Waals surface area contributed by atoms with Crippen LogP contribution in [-0.4, -0.2) is 48.1 Å². The largest absolute Gasteiger partial charge is 0.356 e. The van der Waals surface area contributed by atoms with Gasteiger partial charge in [-0.2, -0.15) is 9.50 Å². The number of rotatable bonds is 7. The van der Waals surface area contributed by atoms with E-state index in [1.807, 2.05) is 38.1 Å². The lowest BCUT2D eigenvalue weighted by Crippen LogP contribution is -2.45. The van der Waals surface area contributed by atoms with Crippen molar-refractivity contribution >= 4 is 33.3 Å². The number of pyridine rings is 1. The highest BCUT2D eigenvalue weighted by Crippen LogP contribution is 2.30. The van der Waals surface area contributed by atoms with E-state index in [0.717, 1.165) is 41.8 Å². The zero-order chi connectivity index (χ0) is 24.7. The fourth-order valence-electron chi connectivity index (χ4n) is 4.96. The van der Waals surface area contributed by atoms with Crippen LogP contribution >= 0.6 is 0 Å². The van der Waals surface area contributed by atoms with E-state index in [-0.39, 0.29) is 17.9 Å². The van der Waals surface area contributed by atoms with E-state index in [0.29, 0.717) is 42.4 Å². The highest BCUT2D eigenvalue weighted by Gasteiger charge is 2.31. The van der Waals surface area contributed by atoms with Gasteiger partial charge in [-0.05, 0) is 80.8 Å². The van der Waals surface area contributed by atoms with E-state index in [1.54, 1.807) is 10.6 Å². The van der Waals surface area contributed by atoms with Crippen LogP contribution in [0.3, 0.4) is 0 Å². The number of piperidine rings is 1. The van der Waals surface area contributed by atoms with Gasteiger partial charge < -0.3 is 4.90 Å². The second-order valence-corrected chi connectivity index (χ2v) is 11.3. The normalized spacial score (nSPS) is 17.2. The Hall–Kier alpha value is -2.98. The van der Waals surface area contributed by atoms with Crippen molar-refractivity contribution in [2.45, 2.75) is 63.8 Å². The van der Waals surface area contributed by atoms with Crippen LogP contribution < -0.4 is 14.9 Å². The van der Waals surface area contributed by atoms with Crippen LogP contribution in [0.15, 0.2) is 35.2 Å². The van der Waals surface area contributed by atoms with Crippen LogP contribution in [0.25, 0.3) is 5.65 Å². The van der Waals surface area contributed by atoms with Crippen molar-refractivity contribution in [3.8, 4) is 0 Å². The third-order valence-electron chi connectivity index (χ3n) is 7.09. The lowest BCUT2D eigenvalue weighted by molar-refractivity contribution is -0.117. The fraction of sp³-hybridized carbons (Fsp3) is 0.480. The van der Waals surface area contributed by atoms with E-state index >= 15 is 0 Å². The molecule has 9 nitrogen and oxygen atoms in total. The number of hydrogen-bond donors (Lipinski definition) is 2. The number of amides is 1. The molecular formula is C25H32N6O3S. The van der Waals surface area contributed by atoms with Gasteiger partial charge in [0.25, 0.3) is 0 Å². The molecule has 2 N–H and O–H groups in total. The van der Waals surface area contributed by atoms with Gasteiger partial charge in [0, 0.05) is 25.0 Å². The summed E-state index contributed by atoms with van der Waals surface area (Å²) in [6.45, 7) is 7.33.